The van der Waals surface area contributed by atoms with Crippen LogP contribution in [0, 0.1) is 0 Å². The molecule has 1 unspecified atom stereocenters. The number of fused-ring (bicyclic) bond motifs is 1. The predicted molar refractivity (Wildman–Crippen MR) is 89.7 cm³/mol. The summed E-state index contributed by atoms with van der Waals surface area (Å²) in [5.74, 6) is -0.240. The Bertz CT molecular complexity index is 943. The highest BCUT2D eigenvalue weighted by molar-refractivity contribution is 7.16. The van der Waals surface area contributed by atoms with E-state index in [1.807, 2.05) is 7.05 Å². The quantitative estimate of drug-likeness (QED) is 0.761. The molecule has 0 aromatic carbocycles. The number of hydrogen-bond donors (Lipinski definition) is 1. The van der Waals surface area contributed by atoms with Crippen molar-refractivity contribution in [2.75, 3.05) is 6.54 Å². The van der Waals surface area contributed by atoms with E-state index in [-0.39, 0.29) is 5.91 Å². The molecule has 128 valence electrons. The van der Waals surface area contributed by atoms with Gasteiger partial charge >= 0.3 is 0 Å². The van der Waals surface area contributed by atoms with Crippen LogP contribution in [-0.2, 0) is 18.3 Å². The van der Waals surface area contributed by atoms with E-state index in [4.69, 9.17) is 10.2 Å². The van der Waals surface area contributed by atoms with Gasteiger partial charge in [-0.05, 0) is 12.1 Å². The number of rotatable bonds is 3. The number of furan rings is 1. The minimum atomic E-state index is -0.820. The van der Waals surface area contributed by atoms with Gasteiger partial charge in [0.15, 0.2) is 10.8 Å². The van der Waals surface area contributed by atoms with Crippen LogP contribution < -0.4 is 5.73 Å². The molecule has 4 heterocycles. The van der Waals surface area contributed by atoms with Crippen LogP contribution in [0.2, 0.25) is 0 Å². The molecule has 0 saturated heterocycles. The Morgan fingerprint density at radius 2 is 2.24 bits per heavy atom. The van der Waals surface area contributed by atoms with E-state index in [1.165, 1.54) is 22.4 Å². The summed E-state index contributed by atoms with van der Waals surface area (Å²) in [6, 6.07) is 2.72. The second-order valence-electron chi connectivity index (χ2n) is 5.73. The van der Waals surface area contributed by atoms with Crippen molar-refractivity contribution in [3.63, 3.8) is 0 Å². The molecule has 0 radical (unpaired) electrons. The number of aromatic nitrogens is 3. The molecule has 9 heteroatoms. The summed E-state index contributed by atoms with van der Waals surface area (Å²) < 4.78 is 7.02. The Hall–Kier alpha value is -2.94. The standard InChI is InChI=1S/C16H15N5O3S/c1-20-10-4-5-21(13(14(17)22)9(10)7-19-20)16(23)12-8-18-15(25-12)11-3-2-6-24-11/h2-3,6-8,13H,4-5H2,1H3,(H2,17,22). The third kappa shape index (κ3) is 2.52. The van der Waals surface area contributed by atoms with Gasteiger partial charge in [-0.3, -0.25) is 14.3 Å². The zero-order chi connectivity index (χ0) is 17.6. The Kier molecular flexibility index (Phi) is 3.65. The molecule has 0 aliphatic carbocycles. The second-order valence-corrected chi connectivity index (χ2v) is 6.76. The molecule has 0 spiro atoms. The molecular formula is C16H15N5O3S. The van der Waals surface area contributed by atoms with Crippen molar-refractivity contribution in [1.82, 2.24) is 19.7 Å². The molecule has 3 aromatic heterocycles. The first-order valence-corrected chi connectivity index (χ1v) is 8.48. The van der Waals surface area contributed by atoms with Crippen LogP contribution in [0.5, 0.6) is 0 Å². The molecule has 1 atom stereocenters. The van der Waals surface area contributed by atoms with Crippen molar-refractivity contribution < 1.29 is 14.0 Å². The molecule has 0 bridgehead atoms. The number of carbonyl (C=O) groups is 2. The van der Waals surface area contributed by atoms with Crippen molar-refractivity contribution in [3.8, 4) is 10.8 Å². The molecule has 1 aliphatic rings. The largest absolute Gasteiger partial charge is 0.462 e. The summed E-state index contributed by atoms with van der Waals surface area (Å²) in [7, 11) is 1.81. The fraction of sp³-hybridized carbons (Fsp3) is 0.250. The van der Waals surface area contributed by atoms with E-state index >= 15 is 0 Å². The summed E-state index contributed by atoms with van der Waals surface area (Å²) >= 11 is 1.22. The lowest BCUT2D eigenvalue weighted by Crippen LogP contribution is -2.45. The first-order chi connectivity index (χ1) is 12.1. The van der Waals surface area contributed by atoms with Gasteiger partial charge in [-0.2, -0.15) is 5.10 Å². The Balaban J connectivity index is 1.67. The molecule has 0 fully saturated rings. The number of aryl methyl sites for hydroxylation is 1. The Morgan fingerprint density at radius 3 is 2.96 bits per heavy atom. The zero-order valence-corrected chi connectivity index (χ0v) is 14.2. The van der Waals surface area contributed by atoms with Crippen molar-refractivity contribution in [1.29, 1.82) is 0 Å². The molecule has 4 rings (SSSR count). The highest BCUT2D eigenvalue weighted by Crippen LogP contribution is 2.32. The predicted octanol–water partition coefficient (Wildman–Crippen LogP) is 1.36. The number of amides is 2. The smallest absolute Gasteiger partial charge is 0.266 e. The summed E-state index contributed by atoms with van der Waals surface area (Å²) in [6.07, 6.45) is 5.27. The first kappa shape index (κ1) is 15.6. The van der Waals surface area contributed by atoms with E-state index < -0.39 is 11.9 Å². The summed E-state index contributed by atoms with van der Waals surface area (Å²) in [5, 5.41) is 4.80. The first-order valence-electron chi connectivity index (χ1n) is 7.67. The topological polar surface area (TPSA) is 107 Å². The van der Waals surface area contributed by atoms with Crippen LogP contribution in [0.25, 0.3) is 10.8 Å². The van der Waals surface area contributed by atoms with Gasteiger partial charge < -0.3 is 15.1 Å². The molecule has 25 heavy (non-hydrogen) atoms. The highest BCUT2D eigenvalue weighted by Gasteiger charge is 2.37. The molecule has 2 amide bonds. The van der Waals surface area contributed by atoms with Crippen LogP contribution in [0.4, 0.5) is 0 Å². The van der Waals surface area contributed by atoms with Crippen LogP contribution >= 0.6 is 11.3 Å². The fourth-order valence-corrected chi connectivity index (χ4v) is 3.93. The number of hydrogen-bond acceptors (Lipinski definition) is 6. The van der Waals surface area contributed by atoms with Crippen LogP contribution in [0.1, 0.15) is 27.0 Å². The van der Waals surface area contributed by atoms with Gasteiger partial charge in [-0.15, -0.1) is 11.3 Å². The number of thiazole rings is 1. The average molecular weight is 357 g/mol. The second kappa shape index (κ2) is 5.85. The van der Waals surface area contributed by atoms with E-state index in [0.29, 0.717) is 34.2 Å². The molecular weight excluding hydrogens is 342 g/mol. The highest BCUT2D eigenvalue weighted by atomic mass is 32.1. The summed E-state index contributed by atoms with van der Waals surface area (Å²) in [5.41, 5.74) is 7.19. The van der Waals surface area contributed by atoms with Crippen LogP contribution in [-0.4, -0.2) is 38.0 Å². The summed E-state index contributed by atoms with van der Waals surface area (Å²) in [6.45, 7) is 0.396. The van der Waals surface area contributed by atoms with Crippen molar-refractivity contribution >= 4 is 23.2 Å². The van der Waals surface area contributed by atoms with E-state index in [1.54, 1.807) is 29.3 Å². The molecule has 8 nitrogen and oxygen atoms in total. The third-order valence-electron chi connectivity index (χ3n) is 4.27. The van der Waals surface area contributed by atoms with Gasteiger partial charge in [0.1, 0.15) is 10.9 Å². The van der Waals surface area contributed by atoms with Crippen LogP contribution in [0.3, 0.4) is 0 Å². The van der Waals surface area contributed by atoms with Gasteiger partial charge in [0.2, 0.25) is 5.91 Å². The minimum absolute atomic E-state index is 0.270. The zero-order valence-electron chi connectivity index (χ0n) is 13.4. The van der Waals surface area contributed by atoms with Crippen LogP contribution in [0.15, 0.2) is 35.2 Å². The van der Waals surface area contributed by atoms with Gasteiger partial charge in [-0.1, -0.05) is 0 Å². The fourth-order valence-electron chi connectivity index (χ4n) is 3.09. The van der Waals surface area contributed by atoms with Crippen molar-refractivity contribution in [2.24, 2.45) is 12.8 Å². The molecule has 3 aromatic rings. The lowest BCUT2D eigenvalue weighted by atomic mass is 9.98. The normalized spacial score (nSPS) is 16.7. The Labute approximate surface area is 146 Å². The lowest BCUT2D eigenvalue weighted by Gasteiger charge is -2.33. The van der Waals surface area contributed by atoms with Gasteiger partial charge in [0, 0.05) is 31.3 Å². The third-order valence-corrected chi connectivity index (χ3v) is 5.27. The Morgan fingerprint density at radius 1 is 1.40 bits per heavy atom. The van der Waals surface area contributed by atoms with Crippen molar-refractivity contribution in [2.45, 2.75) is 12.5 Å². The maximum atomic E-state index is 12.9. The van der Waals surface area contributed by atoms with E-state index in [2.05, 4.69) is 10.1 Å². The number of carbonyl (C=O) groups excluding carboxylic acids is 2. The monoisotopic (exact) mass is 357 g/mol. The SMILES string of the molecule is Cn1ncc2c1CCN(C(=O)c1cnc(-c3ccco3)s1)C2C(N)=O. The number of nitrogens with zero attached hydrogens (tertiary/aromatic N) is 4. The van der Waals surface area contributed by atoms with E-state index in [9.17, 15) is 9.59 Å². The summed E-state index contributed by atoms with van der Waals surface area (Å²) in [4.78, 5) is 31.1. The maximum absolute atomic E-state index is 12.9. The van der Waals surface area contributed by atoms with Gasteiger partial charge in [0.05, 0.1) is 18.7 Å². The maximum Gasteiger partial charge on any atom is 0.266 e. The molecule has 0 saturated carbocycles. The van der Waals surface area contributed by atoms with Gasteiger partial charge in [-0.25, -0.2) is 4.98 Å². The number of primary amides is 1. The lowest BCUT2D eigenvalue weighted by molar-refractivity contribution is -0.123. The van der Waals surface area contributed by atoms with Crippen molar-refractivity contribution in [3.05, 3.63) is 46.9 Å². The average Bonchev–Trinajstić information content (AvgIpc) is 3.33. The molecule has 1 aliphatic heterocycles. The van der Waals surface area contributed by atoms with E-state index in [0.717, 1.165) is 5.69 Å². The minimum Gasteiger partial charge on any atom is -0.462 e. The molecule has 2 N–H and O–H groups in total. The van der Waals surface area contributed by atoms with Gasteiger partial charge in [0.25, 0.3) is 5.91 Å². The number of nitrogens with two attached hydrogens (primary N) is 1.